The summed E-state index contributed by atoms with van der Waals surface area (Å²) in [5.74, 6) is -0.179. The van der Waals surface area contributed by atoms with E-state index in [4.69, 9.17) is 5.11 Å². The summed E-state index contributed by atoms with van der Waals surface area (Å²) in [5, 5.41) is 12.3. The number of para-hydroxylation sites is 1. The lowest BCUT2D eigenvalue weighted by atomic mass is 10.2. The third-order valence-electron chi connectivity index (χ3n) is 3.33. The van der Waals surface area contributed by atoms with Gasteiger partial charge < -0.3 is 15.2 Å². The van der Waals surface area contributed by atoms with E-state index in [1.165, 1.54) is 6.07 Å². The third-order valence-corrected chi connectivity index (χ3v) is 3.33. The van der Waals surface area contributed by atoms with Crippen molar-refractivity contribution >= 4 is 23.0 Å². The summed E-state index contributed by atoms with van der Waals surface area (Å²) in [4.78, 5) is 31.2. The SMILES string of the molecule is O=C(O)Oc1ccccc1CNC(=O)c1ccc2cnccc2n1. The molecule has 0 saturated carbocycles. The van der Waals surface area contributed by atoms with Crippen molar-refractivity contribution in [3.8, 4) is 5.75 Å². The molecule has 0 aliphatic rings. The average molecular weight is 323 g/mol. The van der Waals surface area contributed by atoms with Crippen LogP contribution in [-0.2, 0) is 6.54 Å². The standard InChI is InChI=1S/C17H13N3O4/c21-16(14-6-5-11-9-18-8-7-13(11)20-14)19-10-12-3-1-2-4-15(12)24-17(22)23/h1-9H,10H2,(H,19,21)(H,22,23). The molecule has 0 aliphatic carbocycles. The molecule has 0 fully saturated rings. The van der Waals surface area contributed by atoms with E-state index in [1.807, 2.05) is 0 Å². The zero-order valence-corrected chi connectivity index (χ0v) is 12.5. The molecule has 0 radical (unpaired) electrons. The lowest BCUT2D eigenvalue weighted by molar-refractivity contribution is 0.0946. The van der Waals surface area contributed by atoms with Crippen LogP contribution in [0.25, 0.3) is 10.9 Å². The first-order valence-corrected chi connectivity index (χ1v) is 7.11. The predicted octanol–water partition coefficient (Wildman–Crippen LogP) is 2.62. The van der Waals surface area contributed by atoms with Gasteiger partial charge in [0.1, 0.15) is 11.4 Å². The number of benzene rings is 1. The molecule has 0 atom stereocenters. The Morgan fingerprint density at radius 1 is 1.12 bits per heavy atom. The fourth-order valence-electron chi connectivity index (χ4n) is 2.20. The molecule has 1 aromatic carbocycles. The molecule has 3 aromatic rings. The second kappa shape index (κ2) is 6.74. The molecule has 2 heterocycles. The molecule has 0 aliphatic heterocycles. The molecule has 0 saturated heterocycles. The van der Waals surface area contributed by atoms with Crippen molar-refractivity contribution in [2.45, 2.75) is 6.54 Å². The van der Waals surface area contributed by atoms with Gasteiger partial charge in [0.05, 0.1) is 5.52 Å². The van der Waals surface area contributed by atoms with E-state index in [0.717, 1.165) is 5.39 Å². The van der Waals surface area contributed by atoms with Gasteiger partial charge in [0.2, 0.25) is 0 Å². The van der Waals surface area contributed by atoms with Crippen LogP contribution in [-0.4, -0.2) is 27.1 Å². The quantitative estimate of drug-likeness (QED) is 0.565. The number of aromatic nitrogens is 2. The van der Waals surface area contributed by atoms with Crippen LogP contribution in [0, 0.1) is 0 Å². The fourth-order valence-corrected chi connectivity index (χ4v) is 2.20. The van der Waals surface area contributed by atoms with E-state index in [2.05, 4.69) is 20.0 Å². The fraction of sp³-hybridized carbons (Fsp3) is 0.0588. The van der Waals surface area contributed by atoms with E-state index in [1.54, 1.807) is 48.8 Å². The van der Waals surface area contributed by atoms with Gasteiger partial charge in [-0.3, -0.25) is 9.78 Å². The summed E-state index contributed by atoms with van der Waals surface area (Å²) in [6, 6.07) is 11.7. The Balaban J connectivity index is 1.74. The van der Waals surface area contributed by atoms with Crippen molar-refractivity contribution in [1.82, 2.24) is 15.3 Å². The third kappa shape index (κ3) is 3.46. The highest BCUT2D eigenvalue weighted by molar-refractivity contribution is 5.94. The largest absolute Gasteiger partial charge is 0.511 e. The van der Waals surface area contributed by atoms with Crippen LogP contribution in [0.1, 0.15) is 16.1 Å². The van der Waals surface area contributed by atoms with Crippen LogP contribution < -0.4 is 10.1 Å². The predicted molar refractivity (Wildman–Crippen MR) is 85.8 cm³/mol. The Bertz CT molecular complexity index is 911. The van der Waals surface area contributed by atoms with Gasteiger partial charge in [0, 0.05) is 29.9 Å². The monoisotopic (exact) mass is 323 g/mol. The maximum atomic E-state index is 12.2. The first kappa shape index (κ1) is 15.4. The van der Waals surface area contributed by atoms with E-state index in [9.17, 15) is 9.59 Å². The zero-order valence-electron chi connectivity index (χ0n) is 12.5. The number of nitrogens with zero attached hydrogens (tertiary/aromatic N) is 2. The van der Waals surface area contributed by atoms with Crippen molar-refractivity contribution in [2.75, 3.05) is 0 Å². The van der Waals surface area contributed by atoms with Gasteiger partial charge in [0.15, 0.2) is 0 Å². The van der Waals surface area contributed by atoms with Crippen LogP contribution in [0.4, 0.5) is 4.79 Å². The number of nitrogens with one attached hydrogen (secondary N) is 1. The van der Waals surface area contributed by atoms with Crippen molar-refractivity contribution < 1.29 is 19.4 Å². The maximum absolute atomic E-state index is 12.2. The number of amides is 1. The number of carbonyl (C=O) groups is 2. The summed E-state index contributed by atoms with van der Waals surface area (Å²) in [6.07, 6.45) is 1.87. The highest BCUT2D eigenvalue weighted by atomic mass is 16.7. The molecular formula is C17H13N3O4. The van der Waals surface area contributed by atoms with Crippen molar-refractivity contribution in [2.24, 2.45) is 0 Å². The van der Waals surface area contributed by atoms with Gasteiger partial charge in [-0.2, -0.15) is 0 Å². The smallest absolute Gasteiger partial charge is 0.449 e. The van der Waals surface area contributed by atoms with Crippen LogP contribution in [0.15, 0.2) is 54.9 Å². The molecule has 0 unspecified atom stereocenters. The van der Waals surface area contributed by atoms with Crippen LogP contribution >= 0.6 is 0 Å². The van der Waals surface area contributed by atoms with Crippen molar-refractivity contribution in [3.05, 3.63) is 66.1 Å². The minimum absolute atomic E-state index is 0.123. The van der Waals surface area contributed by atoms with Gasteiger partial charge in [-0.25, -0.2) is 9.78 Å². The minimum Gasteiger partial charge on any atom is -0.449 e. The summed E-state index contributed by atoms with van der Waals surface area (Å²) >= 11 is 0. The molecule has 2 N–H and O–H groups in total. The lowest BCUT2D eigenvalue weighted by Crippen LogP contribution is -2.24. The second-order valence-electron chi connectivity index (χ2n) is 4.92. The average Bonchev–Trinajstić information content (AvgIpc) is 2.60. The molecule has 1 amide bonds. The number of hydrogen-bond acceptors (Lipinski definition) is 5. The Morgan fingerprint density at radius 3 is 2.79 bits per heavy atom. The van der Waals surface area contributed by atoms with E-state index < -0.39 is 6.16 Å². The van der Waals surface area contributed by atoms with Gasteiger partial charge in [-0.1, -0.05) is 18.2 Å². The van der Waals surface area contributed by atoms with Gasteiger partial charge >= 0.3 is 6.16 Å². The first-order chi connectivity index (χ1) is 11.6. The van der Waals surface area contributed by atoms with E-state index >= 15 is 0 Å². The molecule has 0 spiro atoms. The molecule has 7 nitrogen and oxygen atoms in total. The molecule has 120 valence electrons. The molecule has 24 heavy (non-hydrogen) atoms. The zero-order chi connectivity index (χ0) is 16.9. The van der Waals surface area contributed by atoms with Gasteiger partial charge in [-0.15, -0.1) is 0 Å². The normalized spacial score (nSPS) is 10.3. The number of rotatable bonds is 4. The van der Waals surface area contributed by atoms with Crippen molar-refractivity contribution in [3.63, 3.8) is 0 Å². The summed E-state index contributed by atoms with van der Waals surface area (Å²) in [5.41, 5.74) is 1.50. The molecule has 7 heteroatoms. The summed E-state index contributed by atoms with van der Waals surface area (Å²) in [7, 11) is 0. The molecule has 2 aromatic heterocycles. The van der Waals surface area contributed by atoms with Crippen molar-refractivity contribution in [1.29, 1.82) is 0 Å². The van der Waals surface area contributed by atoms with E-state index in [-0.39, 0.29) is 23.9 Å². The minimum atomic E-state index is -1.40. The molecular weight excluding hydrogens is 310 g/mol. The second-order valence-corrected chi connectivity index (χ2v) is 4.92. The number of carbonyl (C=O) groups excluding carboxylic acids is 1. The Labute approximate surface area is 136 Å². The molecule has 3 rings (SSSR count). The summed E-state index contributed by atoms with van der Waals surface area (Å²) < 4.78 is 4.68. The van der Waals surface area contributed by atoms with Crippen LogP contribution in [0.2, 0.25) is 0 Å². The van der Waals surface area contributed by atoms with Crippen LogP contribution in [0.5, 0.6) is 5.75 Å². The lowest BCUT2D eigenvalue weighted by Gasteiger charge is -2.09. The maximum Gasteiger partial charge on any atom is 0.511 e. The number of pyridine rings is 2. The van der Waals surface area contributed by atoms with Gasteiger partial charge in [0.25, 0.3) is 5.91 Å². The highest BCUT2D eigenvalue weighted by Gasteiger charge is 2.11. The molecule has 0 bridgehead atoms. The number of carboxylic acid groups (broad SMARTS) is 1. The Morgan fingerprint density at radius 2 is 1.96 bits per heavy atom. The topological polar surface area (TPSA) is 101 Å². The number of hydrogen-bond donors (Lipinski definition) is 2. The van der Waals surface area contributed by atoms with Crippen LogP contribution in [0.3, 0.4) is 0 Å². The van der Waals surface area contributed by atoms with Gasteiger partial charge in [-0.05, 0) is 24.3 Å². The Hall–Kier alpha value is -3.48. The summed E-state index contributed by atoms with van der Waals surface area (Å²) in [6.45, 7) is 0.123. The number of fused-ring (bicyclic) bond motifs is 1. The highest BCUT2D eigenvalue weighted by Crippen LogP contribution is 2.18. The number of ether oxygens (including phenoxy) is 1. The first-order valence-electron chi connectivity index (χ1n) is 7.11. The van der Waals surface area contributed by atoms with E-state index in [0.29, 0.717) is 11.1 Å². The Kier molecular flexibility index (Phi) is 4.33.